The third-order valence-electron chi connectivity index (χ3n) is 2.80. The lowest BCUT2D eigenvalue weighted by Crippen LogP contribution is -2.23. The van der Waals surface area contributed by atoms with Crippen molar-refractivity contribution < 1.29 is 14.2 Å². The van der Waals surface area contributed by atoms with Crippen LogP contribution in [-0.4, -0.2) is 40.1 Å². The highest BCUT2D eigenvalue weighted by molar-refractivity contribution is 5.36. The van der Waals surface area contributed by atoms with Gasteiger partial charge in [-0.3, -0.25) is 0 Å². The molecule has 0 amide bonds. The molecule has 1 aromatic rings. The minimum absolute atomic E-state index is 0.129. The van der Waals surface area contributed by atoms with Crippen molar-refractivity contribution in [3.8, 4) is 5.75 Å². The molecule has 0 heterocycles. The average Bonchev–Trinajstić information content (AvgIpc) is 2.44. The van der Waals surface area contributed by atoms with Gasteiger partial charge in [0.25, 0.3) is 0 Å². The van der Waals surface area contributed by atoms with Crippen LogP contribution in [0.25, 0.3) is 0 Å². The van der Waals surface area contributed by atoms with E-state index in [-0.39, 0.29) is 6.04 Å². The van der Waals surface area contributed by atoms with Crippen LogP contribution in [0.3, 0.4) is 0 Å². The van der Waals surface area contributed by atoms with Crippen LogP contribution < -0.4 is 10.1 Å². The van der Waals surface area contributed by atoms with Crippen LogP contribution in [0, 0.1) is 0 Å². The number of para-hydroxylation sites is 1. The molecular weight excluding hydrogens is 242 g/mol. The summed E-state index contributed by atoms with van der Waals surface area (Å²) in [7, 11) is 1.93. The normalized spacial score (nSPS) is 12.4. The van der Waals surface area contributed by atoms with Crippen LogP contribution in [0.2, 0.25) is 0 Å². The van der Waals surface area contributed by atoms with Crippen molar-refractivity contribution in [3.05, 3.63) is 29.8 Å². The molecule has 0 spiro atoms. The Morgan fingerprint density at radius 2 is 1.79 bits per heavy atom. The van der Waals surface area contributed by atoms with Crippen molar-refractivity contribution in [2.45, 2.75) is 19.9 Å². The SMILES string of the molecule is CCOCCOCC(NC)c1ccccc1OCC. The van der Waals surface area contributed by atoms with E-state index in [0.717, 1.165) is 17.9 Å². The second-order valence-electron chi connectivity index (χ2n) is 4.08. The van der Waals surface area contributed by atoms with E-state index in [1.54, 1.807) is 0 Å². The van der Waals surface area contributed by atoms with Crippen LogP contribution >= 0.6 is 0 Å². The van der Waals surface area contributed by atoms with Crippen molar-refractivity contribution in [2.75, 3.05) is 40.1 Å². The van der Waals surface area contributed by atoms with Gasteiger partial charge in [-0.1, -0.05) is 18.2 Å². The molecule has 0 aromatic heterocycles. The molecule has 0 saturated heterocycles. The van der Waals surface area contributed by atoms with Gasteiger partial charge in [-0.05, 0) is 27.0 Å². The zero-order valence-electron chi connectivity index (χ0n) is 12.1. The first-order valence-corrected chi connectivity index (χ1v) is 6.87. The molecule has 4 nitrogen and oxygen atoms in total. The minimum Gasteiger partial charge on any atom is -0.494 e. The van der Waals surface area contributed by atoms with Crippen molar-refractivity contribution in [1.82, 2.24) is 5.32 Å². The fourth-order valence-electron chi connectivity index (χ4n) is 1.85. The lowest BCUT2D eigenvalue weighted by molar-refractivity contribution is 0.0438. The summed E-state index contributed by atoms with van der Waals surface area (Å²) in [6.45, 7) is 7.22. The van der Waals surface area contributed by atoms with Crippen LogP contribution in [0.5, 0.6) is 5.75 Å². The quantitative estimate of drug-likeness (QED) is 0.661. The number of likely N-dealkylation sites (N-methyl/N-ethyl adjacent to an activating group) is 1. The smallest absolute Gasteiger partial charge is 0.124 e. The Morgan fingerprint density at radius 1 is 1.05 bits per heavy atom. The predicted molar refractivity (Wildman–Crippen MR) is 76.7 cm³/mol. The van der Waals surface area contributed by atoms with Crippen molar-refractivity contribution in [1.29, 1.82) is 0 Å². The Morgan fingerprint density at radius 3 is 2.47 bits per heavy atom. The highest BCUT2D eigenvalue weighted by Gasteiger charge is 2.14. The van der Waals surface area contributed by atoms with Gasteiger partial charge in [-0.25, -0.2) is 0 Å². The summed E-state index contributed by atoms with van der Waals surface area (Å²) in [4.78, 5) is 0. The molecular formula is C15H25NO3. The lowest BCUT2D eigenvalue weighted by atomic mass is 10.1. The zero-order chi connectivity index (χ0) is 13.9. The van der Waals surface area contributed by atoms with Crippen molar-refractivity contribution in [2.24, 2.45) is 0 Å². The molecule has 1 aromatic carbocycles. The number of hydrogen-bond acceptors (Lipinski definition) is 4. The molecule has 0 aliphatic rings. The third kappa shape index (κ3) is 5.59. The standard InChI is InChI=1S/C15H25NO3/c1-4-17-10-11-18-12-14(16-3)13-8-6-7-9-15(13)19-5-2/h6-9,14,16H,4-5,10-12H2,1-3H3. The Hall–Kier alpha value is -1.10. The molecule has 1 rings (SSSR count). The van der Waals surface area contributed by atoms with Gasteiger partial charge in [-0.15, -0.1) is 0 Å². The van der Waals surface area contributed by atoms with Crippen LogP contribution in [0.1, 0.15) is 25.5 Å². The summed E-state index contributed by atoms with van der Waals surface area (Å²) < 4.78 is 16.5. The van der Waals surface area contributed by atoms with E-state index >= 15 is 0 Å². The summed E-state index contributed by atoms with van der Waals surface area (Å²) >= 11 is 0. The third-order valence-corrected chi connectivity index (χ3v) is 2.80. The molecule has 19 heavy (non-hydrogen) atoms. The van der Waals surface area contributed by atoms with E-state index in [1.807, 2.05) is 39.1 Å². The van der Waals surface area contributed by atoms with Crippen molar-refractivity contribution >= 4 is 0 Å². The molecule has 0 radical (unpaired) electrons. The minimum atomic E-state index is 0.129. The van der Waals surface area contributed by atoms with Gasteiger partial charge in [-0.2, -0.15) is 0 Å². The first-order chi connectivity index (χ1) is 9.33. The Kier molecular flexibility index (Phi) is 8.21. The van der Waals surface area contributed by atoms with E-state index in [4.69, 9.17) is 14.2 Å². The second kappa shape index (κ2) is 9.78. The predicted octanol–water partition coefficient (Wildman–Crippen LogP) is 2.40. The van der Waals surface area contributed by atoms with Crippen molar-refractivity contribution in [3.63, 3.8) is 0 Å². The number of nitrogens with one attached hydrogen (secondary N) is 1. The maximum atomic E-state index is 5.64. The summed E-state index contributed by atoms with van der Waals surface area (Å²) in [5.74, 6) is 0.915. The maximum absolute atomic E-state index is 5.64. The molecule has 0 fully saturated rings. The molecule has 1 atom stereocenters. The highest BCUT2D eigenvalue weighted by Crippen LogP contribution is 2.25. The van der Waals surface area contributed by atoms with E-state index in [9.17, 15) is 0 Å². The molecule has 4 heteroatoms. The van der Waals surface area contributed by atoms with Crippen LogP contribution in [0.15, 0.2) is 24.3 Å². The van der Waals surface area contributed by atoms with Gasteiger partial charge in [0.05, 0.1) is 32.5 Å². The van der Waals surface area contributed by atoms with E-state index in [0.29, 0.717) is 26.4 Å². The number of benzene rings is 1. The number of hydrogen-bond donors (Lipinski definition) is 1. The number of ether oxygens (including phenoxy) is 3. The molecule has 1 N–H and O–H groups in total. The first kappa shape index (κ1) is 16.0. The number of rotatable bonds is 10. The second-order valence-corrected chi connectivity index (χ2v) is 4.08. The van der Waals surface area contributed by atoms with Crippen LogP contribution in [-0.2, 0) is 9.47 Å². The molecule has 0 aliphatic heterocycles. The molecule has 0 bridgehead atoms. The molecule has 108 valence electrons. The van der Waals surface area contributed by atoms with E-state index in [1.165, 1.54) is 0 Å². The fourth-order valence-corrected chi connectivity index (χ4v) is 1.85. The summed E-state index contributed by atoms with van der Waals surface area (Å²) in [6, 6.07) is 8.19. The Labute approximate surface area is 116 Å². The Bertz CT molecular complexity index is 344. The summed E-state index contributed by atoms with van der Waals surface area (Å²) in [5.41, 5.74) is 1.13. The average molecular weight is 267 g/mol. The topological polar surface area (TPSA) is 39.7 Å². The fraction of sp³-hybridized carbons (Fsp3) is 0.600. The largest absolute Gasteiger partial charge is 0.494 e. The van der Waals surface area contributed by atoms with Gasteiger partial charge < -0.3 is 19.5 Å². The molecule has 0 aliphatic carbocycles. The van der Waals surface area contributed by atoms with Gasteiger partial charge in [0.15, 0.2) is 0 Å². The molecule has 0 saturated carbocycles. The van der Waals surface area contributed by atoms with E-state index < -0.39 is 0 Å². The lowest BCUT2D eigenvalue weighted by Gasteiger charge is -2.20. The van der Waals surface area contributed by atoms with Gasteiger partial charge in [0, 0.05) is 12.2 Å². The highest BCUT2D eigenvalue weighted by atomic mass is 16.5. The van der Waals surface area contributed by atoms with Gasteiger partial charge >= 0.3 is 0 Å². The van der Waals surface area contributed by atoms with Crippen LogP contribution in [0.4, 0.5) is 0 Å². The zero-order valence-corrected chi connectivity index (χ0v) is 12.1. The summed E-state index contributed by atoms with van der Waals surface area (Å²) in [5, 5.41) is 3.26. The van der Waals surface area contributed by atoms with Gasteiger partial charge in [0.2, 0.25) is 0 Å². The monoisotopic (exact) mass is 267 g/mol. The maximum Gasteiger partial charge on any atom is 0.124 e. The van der Waals surface area contributed by atoms with Gasteiger partial charge in [0.1, 0.15) is 5.75 Å². The summed E-state index contributed by atoms with van der Waals surface area (Å²) in [6.07, 6.45) is 0. The molecule has 1 unspecified atom stereocenters. The Balaban J connectivity index is 2.53. The first-order valence-electron chi connectivity index (χ1n) is 6.87. The van der Waals surface area contributed by atoms with E-state index in [2.05, 4.69) is 11.4 Å².